The molecule has 2 aromatic heterocycles. The lowest BCUT2D eigenvalue weighted by atomic mass is 10.1. The van der Waals surface area contributed by atoms with Crippen molar-refractivity contribution in [2.24, 2.45) is 5.84 Å². The van der Waals surface area contributed by atoms with Crippen LogP contribution in [0.25, 0.3) is 0 Å². The lowest BCUT2D eigenvalue weighted by molar-refractivity contribution is 0.623. The van der Waals surface area contributed by atoms with Crippen LogP contribution in [-0.2, 0) is 0 Å². The van der Waals surface area contributed by atoms with Crippen LogP contribution >= 0.6 is 22.9 Å². The van der Waals surface area contributed by atoms with E-state index >= 15 is 0 Å². The van der Waals surface area contributed by atoms with Gasteiger partial charge in [0.15, 0.2) is 0 Å². The standard InChI is InChI=1S/C10H10ClN3S/c11-8-2-1-4-13-10(8)9(14-12)7-3-5-15-6-7/h1-6,9,14H,12H2. The van der Waals surface area contributed by atoms with Crippen LogP contribution in [-0.4, -0.2) is 4.98 Å². The molecule has 1 atom stereocenters. The second-order valence-electron chi connectivity index (χ2n) is 3.03. The highest BCUT2D eigenvalue weighted by Crippen LogP contribution is 2.26. The zero-order chi connectivity index (χ0) is 10.7. The quantitative estimate of drug-likeness (QED) is 0.639. The van der Waals surface area contributed by atoms with E-state index in [0.29, 0.717) is 5.02 Å². The lowest BCUT2D eigenvalue weighted by Crippen LogP contribution is -2.29. The molecule has 1 unspecified atom stereocenters. The van der Waals surface area contributed by atoms with Crippen LogP contribution in [0, 0.1) is 0 Å². The van der Waals surface area contributed by atoms with E-state index in [2.05, 4.69) is 10.4 Å². The third kappa shape index (κ3) is 2.18. The normalized spacial score (nSPS) is 12.7. The van der Waals surface area contributed by atoms with E-state index in [1.165, 1.54) is 0 Å². The molecule has 0 spiro atoms. The molecule has 0 aromatic carbocycles. The van der Waals surface area contributed by atoms with Crippen LogP contribution in [0.5, 0.6) is 0 Å². The van der Waals surface area contributed by atoms with Gasteiger partial charge in [-0.1, -0.05) is 11.6 Å². The summed E-state index contributed by atoms with van der Waals surface area (Å²) in [5, 5.41) is 4.64. The molecule has 0 aliphatic heterocycles. The third-order valence-corrected chi connectivity index (χ3v) is 3.12. The van der Waals surface area contributed by atoms with Crippen molar-refractivity contribution < 1.29 is 0 Å². The molecular weight excluding hydrogens is 230 g/mol. The fourth-order valence-corrected chi connectivity index (χ4v) is 2.30. The van der Waals surface area contributed by atoms with Crippen molar-refractivity contribution in [1.82, 2.24) is 10.4 Å². The van der Waals surface area contributed by atoms with Gasteiger partial charge in [-0.25, -0.2) is 5.43 Å². The Labute approximate surface area is 96.9 Å². The van der Waals surface area contributed by atoms with Gasteiger partial charge in [-0.2, -0.15) is 11.3 Å². The Balaban J connectivity index is 2.40. The second-order valence-corrected chi connectivity index (χ2v) is 4.21. The predicted molar refractivity (Wildman–Crippen MR) is 62.7 cm³/mol. The lowest BCUT2D eigenvalue weighted by Gasteiger charge is -2.14. The first-order chi connectivity index (χ1) is 7.33. The molecule has 15 heavy (non-hydrogen) atoms. The zero-order valence-electron chi connectivity index (χ0n) is 7.85. The van der Waals surface area contributed by atoms with Gasteiger partial charge in [0.05, 0.1) is 16.8 Å². The van der Waals surface area contributed by atoms with Crippen LogP contribution in [0.2, 0.25) is 5.02 Å². The van der Waals surface area contributed by atoms with Crippen LogP contribution in [0.15, 0.2) is 35.2 Å². The minimum absolute atomic E-state index is 0.148. The minimum Gasteiger partial charge on any atom is -0.271 e. The Morgan fingerprint density at radius 2 is 2.33 bits per heavy atom. The van der Waals surface area contributed by atoms with E-state index in [9.17, 15) is 0 Å². The summed E-state index contributed by atoms with van der Waals surface area (Å²) < 4.78 is 0. The number of rotatable bonds is 3. The van der Waals surface area contributed by atoms with Crippen LogP contribution in [0.4, 0.5) is 0 Å². The summed E-state index contributed by atoms with van der Waals surface area (Å²) in [4.78, 5) is 4.24. The van der Waals surface area contributed by atoms with Crippen molar-refractivity contribution in [3.63, 3.8) is 0 Å². The highest BCUT2D eigenvalue weighted by molar-refractivity contribution is 7.08. The highest BCUT2D eigenvalue weighted by Gasteiger charge is 2.16. The number of pyridine rings is 1. The highest BCUT2D eigenvalue weighted by atomic mass is 35.5. The topological polar surface area (TPSA) is 50.9 Å². The van der Waals surface area contributed by atoms with Crippen LogP contribution in [0.1, 0.15) is 17.3 Å². The second kappa shape index (κ2) is 4.72. The van der Waals surface area contributed by atoms with E-state index in [4.69, 9.17) is 17.4 Å². The van der Waals surface area contributed by atoms with Gasteiger partial charge >= 0.3 is 0 Å². The van der Waals surface area contributed by atoms with Crippen molar-refractivity contribution in [2.45, 2.75) is 6.04 Å². The Morgan fingerprint density at radius 1 is 1.47 bits per heavy atom. The first-order valence-electron chi connectivity index (χ1n) is 4.41. The average Bonchev–Trinajstić information content (AvgIpc) is 2.75. The maximum atomic E-state index is 6.06. The van der Waals surface area contributed by atoms with E-state index in [1.807, 2.05) is 16.8 Å². The monoisotopic (exact) mass is 239 g/mol. The van der Waals surface area contributed by atoms with Gasteiger partial charge in [-0.15, -0.1) is 0 Å². The number of halogens is 1. The average molecular weight is 240 g/mol. The third-order valence-electron chi connectivity index (χ3n) is 2.10. The maximum Gasteiger partial charge on any atom is 0.0904 e. The van der Waals surface area contributed by atoms with Gasteiger partial charge < -0.3 is 0 Å². The molecule has 0 bridgehead atoms. The minimum atomic E-state index is -0.148. The molecule has 0 radical (unpaired) electrons. The Morgan fingerprint density at radius 3 is 2.93 bits per heavy atom. The molecule has 0 aliphatic rings. The summed E-state index contributed by atoms with van der Waals surface area (Å²) in [5.41, 5.74) is 4.54. The Kier molecular flexibility index (Phi) is 3.33. The first kappa shape index (κ1) is 10.6. The first-order valence-corrected chi connectivity index (χ1v) is 5.73. The molecule has 0 aliphatic carbocycles. The molecule has 78 valence electrons. The van der Waals surface area contributed by atoms with E-state index in [0.717, 1.165) is 11.3 Å². The summed E-state index contributed by atoms with van der Waals surface area (Å²) in [6, 6.07) is 5.46. The molecule has 3 nitrogen and oxygen atoms in total. The van der Waals surface area contributed by atoms with Crippen molar-refractivity contribution in [3.8, 4) is 0 Å². The molecule has 0 saturated carbocycles. The van der Waals surface area contributed by atoms with Gasteiger partial charge in [0.2, 0.25) is 0 Å². The van der Waals surface area contributed by atoms with Crippen molar-refractivity contribution in [1.29, 1.82) is 0 Å². The smallest absolute Gasteiger partial charge is 0.0904 e. The zero-order valence-corrected chi connectivity index (χ0v) is 9.42. The number of hydrogen-bond donors (Lipinski definition) is 2. The molecule has 0 fully saturated rings. The number of nitrogens with one attached hydrogen (secondary N) is 1. The van der Waals surface area contributed by atoms with Gasteiger partial charge in [-0.05, 0) is 34.5 Å². The van der Waals surface area contributed by atoms with E-state index in [-0.39, 0.29) is 6.04 Å². The fraction of sp³-hybridized carbons (Fsp3) is 0.100. The van der Waals surface area contributed by atoms with E-state index < -0.39 is 0 Å². The Bertz CT molecular complexity index is 430. The number of thiophene rings is 1. The van der Waals surface area contributed by atoms with Gasteiger partial charge in [0, 0.05) is 6.20 Å². The number of hydrogen-bond acceptors (Lipinski definition) is 4. The predicted octanol–water partition coefficient (Wildman–Crippen LogP) is 2.35. The Hall–Kier alpha value is -0.940. The van der Waals surface area contributed by atoms with Gasteiger partial charge in [-0.3, -0.25) is 10.8 Å². The SMILES string of the molecule is NNC(c1ccsc1)c1ncccc1Cl. The molecule has 0 amide bonds. The summed E-state index contributed by atoms with van der Waals surface area (Å²) >= 11 is 7.68. The van der Waals surface area contributed by atoms with Crippen molar-refractivity contribution in [2.75, 3.05) is 0 Å². The molecule has 2 rings (SSSR count). The van der Waals surface area contributed by atoms with Crippen molar-refractivity contribution in [3.05, 3.63) is 51.4 Å². The summed E-state index contributed by atoms with van der Waals surface area (Å²) in [6.07, 6.45) is 1.71. The summed E-state index contributed by atoms with van der Waals surface area (Å²) in [6.45, 7) is 0. The molecule has 0 saturated heterocycles. The molecule has 3 N–H and O–H groups in total. The van der Waals surface area contributed by atoms with E-state index in [1.54, 1.807) is 29.7 Å². The number of nitrogens with two attached hydrogens (primary N) is 1. The van der Waals surface area contributed by atoms with Gasteiger partial charge in [0.1, 0.15) is 0 Å². The van der Waals surface area contributed by atoms with Gasteiger partial charge in [0.25, 0.3) is 0 Å². The number of nitrogens with zero attached hydrogens (tertiary/aromatic N) is 1. The molecular formula is C10H10ClN3S. The number of aromatic nitrogens is 1. The molecule has 5 heteroatoms. The van der Waals surface area contributed by atoms with Crippen LogP contribution in [0.3, 0.4) is 0 Å². The summed E-state index contributed by atoms with van der Waals surface area (Å²) in [7, 11) is 0. The molecule has 2 heterocycles. The van der Waals surface area contributed by atoms with Crippen molar-refractivity contribution >= 4 is 22.9 Å². The maximum absolute atomic E-state index is 6.06. The molecule has 2 aromatic rings. The van der Waals surface area contributed by atoms with Crippen LogP contribution < -0.4 is 11.3 Å². The largest absolute Gasteiger partial charge is 0.271 e. The summed E-state index contributed by atoms with van der Waals surface area (Å²) in [5.74, 6) is 5.52. The fourth-order valence-electron chi connectivity index (χ4n) is 1.38. The number of hydrazine groups is 1.